The van der Waals surface area contributed by atoms with E-state index in [0.717, 1.165) is 11.1 Å². The molecular weight excluding hydrogens is 296 g/mol. The molecule has 3 aromatic rings. The standard InChI is InChI=1S/C21H22N2O/c1-16(20-9-5-6-17(14-20)15-24)23-21(18-7-3-2-4-8-18)19-10-12-22-13-11-19/h2-14,16,21,23-24H,15H2,1H3. The summed E-state index contributed by atoms with van der Waals surface area (Å²) in [5.74, 6) is 0. The summed E-state index contributed by atoms with van der Waals surface area (Å²) < 4.78 is 0. The molecule has 0 aliphatic rings. The maximum atomic E-state index is 9.35. The van der Waals surface area contributed by atoms with Gasteiger partial charge in [-0.15, -0.1) is 0 Å². The number of hydrogen-bond acceptors (Lipinski definition) is 3. The van der Waals surface area contributed by atoms with Gasteiger partial charge in [-0.25, -0.2) is 0 Å². The third-order valence-corrected chi connectivity index (χ3v) is 4.22. The van der Waals surface area contributed by atoms with Crippen molar-refractivity contribution in [2.24, 2.45) is 0 Å². The summed E-state index contributed by atoms with van der Waals surface area (Å²) in [5.41, 5.74) is 4.49. The van der Waals surface area contributed by atoms with E-state index in [9.17, 15) is 5.11 Å². The van der Waals surface area contributed by atoms with E-state index in [1.165, 1.54) is 11.1 Å². The fraction of sp³-hybridized carbons (Fsp3) is 0.190. The molecule has 2 aromatic carbocycles. The van der Waals surface area contributed by atoms with Gasteiger partial charge in [-0.1, -0.05) is 54.6 Å². The monoisotopic (exact) mass is 318 g/mol. The molecule has 122 valence electrons. The molecule has 0 bridgehead atoms. The van der Waals surface area contributed by atoms with E-state index in [1.54, 1.807) is 0 Å². The van der Waals surface area contributed by atoms with E-state index in [4.69, 9.17) is 0 Å². The predicted molar refractivity (Wildman–Crippen MR) is 96.4 cm³/mol. The van der Waals surface area contributed by atoms with Crippen molar-refractivity contribution < 1.29 is 5.11 Å². The lowest BCUT2D eigenvalue weighted by Gasteiger charge is -2.25. The van der Waals surface area contributed by atoms with Crippen LogP contribution in [-0.4, -0.2) is 10.1 Å². The Labute approximate surface area is 143 Å². The van der Waals surface area contributed by atoms with Crippen molar-refractivity contribution in [3.63, 3.8) is 0 Å². The van der Waals surface area contributed by atoms with Gasteiger partial charge in [0.05, 0.1) is 12.6 Å². The Bertz CT molecular complexity index is 720. The summed E-state index contributed by atoms with van der Waals surface area (Å²) in [6.45, 7) is 2.21. The van der Waals surface area contributed by atoms with Gasteiger partial charge < -0.3 is 5.11 Å². The first-order valence-electron chi connectivity index (χ1n) is 8.18. The maximum Gasteiger partial charge on any atom is 0.0681 e. The highest BCUT2D eigenvalue weighted by atomic mass is 16.3. The van der Waals surface area contributed by atoms with E-state index in [1.807, 2.05) is 48.8 Å². The summed E-state index contributed by atoms with van der Waals surface area (Å²) in [7, 11) is 0. The van der Waals surface area contributed by atoms with Gasteiger partial charge in [0.2, 0.25) is 0 Å². The number of aliphatic hydroxyl groups is 1. The molecular formula is C21H22N2O. The summed E-state index contributed by atoms with van der Waals surface area (Å²) >= 11 is 0. The minimum atomic E-state index is 0.0625. The smallest absolute Gasteiger partial charge is 0.0681 e. The molecule has 0 aliphatic heterocycles. The first kappa shape index (κ1) is 16.4. The van der Waals surface area contributed by atoms with Crippen LogP contribution in [0.15, 0.2) is 79.1 Å². The lowest BCUT2D eigenvalue weighted by molar-refractivity contribution is 0.281. The topological polar surface area (TPSA) is 45.2 Å². The molecule has 1 heterocycles. The van der Waals surface area contributed by atoms with Gasteiger partial charge in [-0.2, -0.15) is 0 Å². The molecule has 0 aliphatic carbocycles. The maximum absolute atomic E-state index is 9.35. The Balaban J connectivity index is 1.89. The molecule has 2 N–H and O–H groups in total. The number of rotatable bonds is 6. The predicted octanol–water partition coefficient (Wildman–Crippen LogP) is 4.01. The number of benzene rings is 2. The molecule has 0 radical (unpaired) electrons. The van der Waals surface area contributed by atoms with Gasteiger partial charge in [-0.3, -0.25) is 10.3 Å². The van der Waals surface area contributed by atoms with Gasteiger partial charge in [0.25, 0.3) is 0 Å². The van der Waals surface area contributed by atoms with Crippen molar-refractivity contribution >= 4 is 0 Å². The number of aliphatic hydroxyl groups excluding tert-OH is 1. The molecule has 0 spiro atoms. The number of hydrogen-bond donors (Lipinski definition) is 2. The summed E-state index contributed by atoms with van der Waals surface area (Å²) in [4.78, 5) is 4.13. The first-order chi connectivity index (χ1) is 11.8. The zero-order valence-corrected chi connectivity index (χ0v) is 13.8. The van der Waals surface area contributed by atoms with Crippen molar-refractivity contribution in [3.8, 4) is 0 Å². The Morgan fingerprint density at radius 3 is 2.25 bits per heavy atom. The summed E-state index contributed by atoms with van der Waals surface area (Å²) in [6, 6.07) is 22.8. The van der Waals surface area contributed by atoms with Crippen LogP contribution in [0.1, 0.15) is 41.3 Å². The number of pyridine rings is 1. The number of nitrogens with one attached hydrogen (secondary N) is 1. The normalized spacial score (nSPS) is 13.4. The van der Waals surface area contributed by atoms with Crippen molar-refractivity contribution in [1.82, 2.24) is 10.3 Å². The molecule has 0 amide bonds. The lowest BCUT2D eigenvalue weighted by Crippen LogP contribution is -2.25. The third-order valence-electron chi connectivity index (χ3n) is 4.22. The van der Waals surface area contributed by atoms with Crippen LogP contribution in [0.5, 0.6) is 0 Å². The minimum absolute atomic E-state index is 0.0625. The van der Waals surface area contributed by atoms with Crippen LogP contribution >= 0.6 is 0 Å². The highest BCUT2D eigenvalue weighted by molar-refractivity contribution is 5.32. The van der Waals surface area contributed by atoms with E-state index >= 15 is 0 Å². The fourth-order valence-electron chi connectivity index (χ4n) is 2.89. The molecule has 1 aromatic heterocycles. The molecule has 0 fully saturated rings. The molecule has 2 atom stereocenters. The Hall–Kier alpha value is -2.49. The highest BCUT2D eigenvalue weighted by Crippen LogP contribution is 2.26. The molecule has 3 nitrogen and oxygen atoms in total. The minimum Gasteiger partial charge on any atom is -0.392 e. The summed E-state index contributed by atoms with van der Waals surface area (Å²) in [5, 5.41) is 13.1. The Kier molecular flexibility index (Phi) is 5.36. The second-order valence-corrected chi connectivity index (χ2v) is 5.92. The SMILES string of the molecule is CC(NC(c1ccccc1)c1ccncc1)c1cccc(CO)c1. The van der Waals surface area contributed by atoms with Crippen LogP contribution in [0.3, 0.4) is 0 Å². The van der Waals surface area contributed by atoms with Crippen molar-refractivity contribution in [2.75, 3.05) is 0 Å². The lowest BCUT2D eigenvalue weighted by atomic mass is 9.97. The molecule has 0 saturated heterocycles. The first-order valence-corrected chi connectivity index (χ1v) is 8.18. The molecule has 2 unspecified atom stereocenters. The Morgan fingerprint density at radius 1 is 0.875 bits per heavy atom. The van der Waals surface area contributed by atoms with Gasteiger partial charge in [0.15, 0.2) is 0 Å². The second-order valence-electron chi connectivity index (χ2n) is 5.92. The van der Waals surface area contributed by atoms with Gasteiger partial charge in [0.1, 0.15) is 0 Å². The zero-order chi connectivity index (χ0) is 16.8. The van der Waals surface area contributed by atoms with Crippen LogP contribution in [0.25, 0.3) is 0 Å². The zero-order valence-electron chi connectivity index (χ0n) is 13.8. The molecule has 3 rings (SSSR count). The average Bonchev–Trinajstić information content (AvgIpc) is 2.67. The van der Waals surface area contributed by atoms with Crippen LogP contribution in [0.4, 0.5) is 0 Å². The average molecular weight is 318 g/mol. The van der Waals surface area contributed by atoms with Gasteiger partial charge >= 0.3 is 0 Å². The van der Waals surface area contributed by atoms with Crippen molar-refractivity contribution in [1.29, 1.82) is 0 Å². The summed E-state index contributed by atoms with van der Waals surface area (Å²) in [6.07, 6.45) is 3.65. The van der Waals surface area contributed by atoms with Gasteiger partial charge in [-0.05, 0) is 41.3 Å². The van der Waals surface area contributed by atoms with Crippen molar-refractivity contribution in [3.05, 3.63) is 101 Å². The fourth-order valence-corrected chi connectivity index (χ4v) is 2.89. The second kappa shape index (κ2) is 7.86. The molecule has 3 heteroatoms. The van der Waals surface area contributed by atoms with Crippen molar-refractivity contribution in [2.45, 2.75) is 25.6 Å². The Morgan fingerprint density at radius 2 is 1.54 bits per heavy atom. The van der Waals surface area contributed by atoms with E-state index in [0.29, 0.717) is 0 Å². The van der Waals surface area contributed by atoms with Crippen LogP contribution < -0.4 is 5.32 Å². The third kappa shape index (κ3) is 3.88. The molecule has 0 saturated carbocycles. The largest absolute Gasteiger partial charge is 0.392 e. The van der Waals surface area contributed by atoms with Crippen LogP contribution in [0, 0.1) is 0 Å². The highest BCUT2D eigenvalue weighted by Gasteiger charge is 2.17. The molecule has 24 heavy (non-hydrogen) atoms. The van der Waals surface area contributed by atoms with E-state index < -0.39 is 0 Å². The van der Waals surface area contributed by atoms with E-state index in [-0.39, 0.29) is 18.7 Å². The van der Waals surface area contributed by atoms with Gasteiger partial charge in [0, 0.05) is 18.4 Å². The van der Waals surface area contributed by atoms with Crippen LogP contribution in [0.2, 0.25) is 0 Å². The number of nitrogens with zero attached hydrogens (tertiary/aromatic N) is 1. The quantitative estimate of drug-likeness (QED) is 0.722. The van der Waals surface area contributed by atoms with Crippen LogP contribution in [-0.2, 0) is 6.61 Å². The number of aromatic nitrogens is 1. The van der Waals surface area contributed by atoms with E-state index in [2.05, 4.69) is 47.6 Å².